The molecule has 3 aromatic carbocycles. The maximum absolute atomic E-state index is 12.9. The molecule has 34 heavy (non-hydrogen) atoms. The average Bonchev–Trinajstić information content (AvgIpc) is 3.07. The van der Waals surface area contributed by atoms with Gasteiger partial charge in [-0.05, 0) is 59.3 Å². The van der Waals surface area contributed by atoms with Gasteiger partial charge in [-0.2, -0.15) is 0 Å². The summed E-state index contributed by atoms with van der Waals surface area (Å²) >= 11 is 19.2. The van der Waals surface area contributed by atoms with Crippen molar-refractivity contribution >= 4 is 63.8 Å². The van der Waals surface area contributed by atoms with Crippen LogP contribution in [-0.2, 0) is 17.9 Å². The van der Waals surface area contributed by atoms with Crippen LogP contribution < -0.4 is 9.47 Å². The first-order valence-electron chi connectivity index (χ1n) is 10.1. The number of amides is 2. The molecule has 0 unspecified atom stereocenters. The molecule has 0 aliphatic carbocycles. The van der Waals surface area contributed by atoms with Gasteiger partial charge in [-0.3, -0.25) is 14.5 Å². The third-order valence-electron chi connectivity index (χ3n) is 5.04. The molecular formula is C25H18Cl3NO4S. The molecule has 1 heterocycles. The Morgan fingerprint density at radius 2 is 1.71 bits per heavy atom. The highest BCUT2D eigenvalue weighted by Gasteiger charge is 2.35. The molecule has 1 aliphatic rings. The van der Waals surface area contributed by atoms with E-state index in [1.165, 1.54) is 12.0 Å². The Balaban J connectivity index is 1.50. The summed E-state index contributed by atoms with van der Waals surface area (Å²) < 4.78 is 11.3. The SMILES string of the molecule is COc1cc(/C=C2/SC(=O)N(Cc3ccccc3Cl)C2=O)ccc1OCc1ccc(Cl)cc1Cl. The Kier molecular flexibility index (Phi) is 7.73. The number of nitrogens with zero attached hydrogens (tertiary/aromatic N) is 1. The van der Waals surface area contributed by atoms with Crippen molar-refractivity contribution < 1.29 is 19.1 Å². The van der Waals surface area contributed by atoms with Gasteiger partial charge in [-0.15, -0.1) is 0 Å². The van der Waals surface area contributed by atoms with Gasteiger partial charge in [-0.1, -0.05) is 65.1 Å². The fraction of sp³-hybridized carbons (Fsp3) is 0.120. The van der Waals surface area contributed by atoms with Gasteiger partial charge in [0.2, 0.25) is 0 Å². The number of ether oxygens (including phenoxy) is 2. The molecule has 9 heteroatoms. The molecule has 0 saturated carbocycles. The molecule has 0 spiro atoms. The second-order valence-corrected chi connectivity index (χ2v) is 9.54. The summed E-state index contributed by atoms with van der Waals surface area (Å²) in [5.74, 6) is 0.623. The van der Waals surface area contributed by atoms with Crippen molar-refractivity contribution in [2.24, 2.45) is 0 Å². The molecule has 2 amide bonds. The summed E-state index contributed by atoms with van der Waals surface area (Å²) in [5, 5.41) is 1.22. The van der Waals surface area contributed by atoms with Crippen LogP contribution in [0.2, 0.25) is 15.1 Å². The van der Waals surface area contributed by atoms with E-state index < -0.39 is 0 Å². The van der Waals surface area contributed by atoms with Gasteiger partial charge in [0.25, 0.3) is 11.1 Å². The van der Waals surface area contributed by atoms with Gasteiger partial charge in [0.1, 0.15) is 6.61 Å². The molecule has 0 radical (unpaired) electrons. The van der Waals surface area contributed by atoms with E-state index in [4.69, 9.17) is 44.3 Å². The molecule has 0 aromatic heterocycles. The van der Waals surface area contributed by atoms with Crippen molar-refractivity contribution in [2.75, 3.05) is 7.11 Å². The van der Waals surface area contributed by atoms with Crippen LogP contribution in [-0.4, -0.2) is 23.2 Å². The minimum atomic E-state index is -0.369. The molecule has 0 N–H and O–H groups in total. The number of imide groups is 1. The number of benzene rings is 3. The lowest BCUT2D eigenvalue weighted by molar-refractivity contribution is -0.123. The summed E-state index contributed by atoms with van der Waals surface area (Å²) in [4.78, 5) is 26.8. The number of carbonyl (C=O) groups is 2. The molecule has 4 rings (SSSR count). The number of hydrogen-bond donors (Lipinski definition) is 0. The molecule has 1 aliphatic heterocycles. The van der Waals surface area contributed by atoms with E-state index in [0.717, 1.165) is 17.3 Å². The maximum Gasteiger partial charge on any atom is 0.293 e. The van der Waals surface area contributed by atoms with Gasteiger partial charge in [0.05, 0.1) is 18.6 Å². The Hall–Kier alpha value is -2.64. The lowest BCUT2D eigenvalue weighted by atomic mass is 10.1. The highest BCUT2D eigenvalue weighted by atomic mass is 35.5. The smallest absolute Gasteiger partial charge is 0.293 e. The number of rotatable bonds is 7. The first-order chi connectivity index (χ1) is 16.4. The van der Waals surface area contributed by atoms with E-state index in [2.05, 4.69) is 0 Å². The third kappa shape index (κ3) is 5.53. The van der Waals surface area contributed by atoms with E-state index in [9.17, 15) is 9.59 Å². The molecule has 3 aromatic rings. The predicted molar refractivity (Wildman–Crippen MR) is 137 cm³/mol. The summed E-state index contributed by atoms with van der Waals surface area (Å²) in [6, 6.07) is 17.6. The van der Waals surface area contributed by atoms with Crippen LogP contribution in [0.15, 0.2) is 65.6 Å². The van der Waals surface area contributed by atoms with E-state index in [1.807, 2.05) is 6.07 Å². The lowest BCUT2D eigenvalue weighted by Crippen LogP contribution is -2.27. The van der Waals surface area contributed by atoms with Gasteiger partial charge in [0, 0.05) is 20.6 Å². The van der Waals surface area contributed by atoms with Crippen LogP contribution in [0.4, 0.5) is 4.79 Å². The third-order valence-corrected chi connectivity index (χ3v) is 6.91. The molecule has 0 atom stereocenters. The normalized spacial score (nSPS) is 14.7. The zero-order chi connectivity index (χ0) is 24.2. The van der Waals surface area contributed by atoms with Crippen molar-refractivity contribution in [3.8, 4) is 11.5 Å². The Labute approximate surface area is 216 Å². The summed E-state index contributed by atoms with van der Waals surface area (Å²) in [7, 11) is 1.53. The zero-order valence-electron chi connectivity index (χ0n) is 17.9. The molecule has 1 fully saturated rings. The number of halogens is 3. The fourth-order valence-corrected chi connectivity index (χ4v) is 4.77. The highest BCUT2D eigenvalue weighted by molar-refractivity contribution is 8.18. The van der Waals surface area contributed by atoms with Gasteiger partial charge >= 0.3 is 0 Å². The first kappa shape index (κ1) is 24.5. The summed E-state index contributed by atoms with van der Waals surface area (Å²) in [5.41, 5.74) is 2.18. The quantitative estimate of drug-likeness (QED) is 0.294. The van der Waals surface area contributed by atoms with Crippen molar-refractivity contribution in [1.29, 1.82) is 0 Å². The first-order valence-corrected chi connectivity index (χ1v) is 12.0. The Morgan fingerprint density at radius 3 is 2.44 bits per heavy atom. The number of methoxy groups -OCH3 is 1. The van der Waals surface area contributed by atoms with Crippen LogP contribution in [0.1, 0.15) is 16.7 Å². The van der Waals surface area contributed by atoms with E-state index in [0.29, 0.717) is 42.6 Å². The molecule has 5 nitrogen and oxygen atoms in total. The second kappa shape index (κ2) is 10.7. The highest BCUT2D eigenvalue weighted by Crippen LogP contribution is 2.36. The van der Waals surface area contributed by atoms with Gasteiger partial charge in [0.15, 0.2) is 11.5 Å². The predicted octanol–water partition coefficient (Wildman–Crippen LogP) is 7.47. The van der Waals surface area contributed by atoms with Crippen LogP contribution in [0.25, 0.3) is 6.08 Å². The largest absolute Gasteiger partial charge is 0.493 e. The molecule has 174 valence electrons. The maximum atomic E-state index is 12.9. The van der Waals surface area contributed by atoms with Crippen molar-refractivity contribution in [2.45, 2.75) is 13.2 Å². The number of carbonyl (C=O) groups excluding carboxylic acids is 2. The van der Waals surface area contributed by atoms with Crippen LogP contribution in [0, 0.1) is 0 Å². The van der Waals surface area contributed by atoms with Crippen molar-refractivity contribution in [3.63, 3.8) is 0 Å². The molecule has 1 saturated heterocycles. The number of hydrogen-bond acceptors (Lipinski definition) is 5. The van der Waals surface area contributed by atoms with E-state index in [1.54, 1.807) is 60.7 Å². The molecule has 0 bridgehead atoms. The summed E-state index contributed by atoms with van der Waals surface area (Å²) in [6.45, 7) is 0.345. The summed E-state index contributed by atoms with van der Waals surface area (Å²) in [6.07, 6.45) is 1.65. The minimum Gasteiger partial charge on any atom is -0.493 e. The van der Waals surface area contributed by atoms with Crippen LogP contribution in [0.3, 0.4) is 0 Å². The number of thioether (sulfide) groups is 1. The van der Waals surface area contributed by atoms with Gasteiger partial charge in [-0.25, -0.2) is 0 Å². The fourth-order valence-electron chi connectivity index (χ4n) is 3.27. The van der Waals surface area contributed by atoms with E-state index >= 15 is 0 Å². The van der Waals surface area contributed by atoms with E-state index in [-0.39, 0.29) is 24.3 Å². The van der Waals surface area contributed by atoms with Gasteiger partial charge < -0.3 is 9.47 Å². The van der Waals surface area contributed by atoms with Crippen LogP contribution >= 0.6 is 46.6 Å². The minimum absolute atomic E-state index is 0.116. The standard InChI is InChI=1S/C25H18Cl3NO4S/c1-32-22-10-15(6-9-21(22)33-14-17-7-8-18(26)12-20(17)28)11-23-24(30)29(25(31)34-23)13-16-4-2-3-5-19(16)27/h2-12H,13-14H2,1H3/b23-11+. The topological polar surface area (TPSA) is 55.8 Å². The lowest BCUT2D eigenvalue weighted by Gasteiger charge is -2.13. The van der Waals surface area contributed by atoms with Crippen molar-refractivity contribution in [3.05, 3.63) is 97.3 Å². The van der Waals surface area contributed by atoms with Crippen molar-refractivity contribution in [1.82, 2.24) is 4.90 Å². The Bertz CT molecular complexity index is 1290. The Morgan fingerprint density at radius 1 is 0.912 bits per heavy atom. The second-order valence-electron chi connectivity index (χ2n) is 7.29. The van der Waals surface area contributed by atoms with Crippen LogP contribution in [0.5, 0.6) is 11.5 Å². The average molecular weight is 535 g/mol. The zero-order valence-corrected chi connectivity index (χ0v) is 21.0. The molecular weight excluding hydrogens is 517 g/mol. The monoisotopic (exact) mass is 533 g/mol.